The number of nitrogens with one attached hydrogen (secondary N) is 2. The normalized spacial score (nSPS) is 10.2. The molecule has 0 spiro atoms. The lowest BCUT2D eigenvalue weighted by Gasteiger charge is -2.12. The summed E-state index contributed by atoms with van der Waals surface area (Å²) in [4.78, 5) is 12.1. The molecule has 3 nitrogen and oxygen atoms in total. The van der Waals surface area contributed by atoms with Crippen LogP contribution in [0.25, 0.3) is 0 Å². The summed E-state index contributed by atoms with van der Waals surface area (Å²) in [6.07, 6.45) is 2.30. The lowest BCUT2D eigenvalue weighted by molar-refractivity contribution is 0.102. The number of carbonyl (C=O) groups is 1. The molecule has 0 saturated heterocycles. The number of anilines is 2. The second-order valence-electron chi connectivity index (χ2n) is 5.13. The fraction of sp³-hybridized carbons (Fsp3) is 0.278. The molecule has 21 heavy (non-hydrogen) atoms. The quantitative estimate of drug-likeness (QED) is 0.768. The van der Waals surface area contributed by atoms with Gasteiger partial charge in [-0.05, 0) is 43.2 Å². The maximum atomic E-state index is 12.1. The van der Waals surface area contributed by atoms with Crippen molar-refractivity contribution in [3.8, 4) is 0 Å². The summed E-state index contributed by atoms with van der Waals surface area (Å²) in [5.74, 6) is -0.0843. The van der Waals surface area contributed by atoms with Crippen molar-refractivity contribution in [1.82, 2.24) is 0 Å². The fourth-order valence-corrected chi connectivity index (χ4v) is 2.08. The van der Waals surface area contributed by atoms with Gasteiger partial charge in [0.05, 0.1) is 0 Å². The van der Waals surface area contributed by atoms with Gasteiger partial charge < -0.3 is 10.6 Å². The second kappa shape index (κ2) is 7.48. The van der Waals surface area contributed by atoms with Crippen molar-refractivity contribution in [2.75, 3.05) is 17.2 Å². The molecule has 0 radical (unpaired) electrons. The molecule has 0 fully saturated rings. The summed E-state index contributed by atoms with van der Waals surface area (Å²) in [5, 5.41) is 6.35. The van der Waals surface area contributed by atoms with E-state index in [-0.39, 0.29) is 5.91 Å². The van der Waals surface area contributed by atoms with Crippen LogP contribution in [-0.2, 0) is 0 Å². The number of aryl methyl sites for hydroxylation is 1. The number of unbranched alkanes of at least 4 members (excludes halogenated alkanes) is 1. The van der Waals surface area contributed by atoms with Crippen LogP contribution in [0.5, 0.6) is 0 Å². The Morgan fingerprint density at radius 1 is 1.10 bits per heavy atom. The van der Waals surface area contributed by atoms with Gasteiger partial charge >= 0.3 is 0 Å². The molecule has 0 bridgehead atoms. The molecule has 0 aliphatic rings. The molecule has 0 unspecified atom stereocenters. The molecular formula is C18H22N2O. The summed E-state index contributed by atoms with van der Waals surface area (Å²) in [5.41, 5.74) is 3.74. The molecule has 0 aliphatic carbocycles. The molecule has 0 heterocycles. The van der Waals surface area contributed by atoms with Crippen LogP contribution in [-0.4, -0.2) is 12.5 Å². The zero-order valence-electron chi connectivity index (χ0n) is 12.6. The fourth-order valence-electron chi connectivity index (χ4n) is 2.08. The molecule has 2 N–H and O–H groups in total. The lowest BCUT2D eigenvalue weighted by Crippen LogP contribution is -2.12. The van der Waals surface area contributed by atoms with Crippen LogP contribution in [0.2, 0.25) is 0 Å². The molecule has 0 aromatic heterocycles. The van der Waals surface area contributed by atoms with Gasteiger partial charge in [0, 0.05) is 23.5 Å². The molecule has 2 aromatic rings. The minimum Gasteiger partial charge on any atom is -0.385 e. The Morgan fingerprint density at radius 3 is 2.57 bits per heavy atom. The van der Waals surface area contributed by atoms with Gasteiger partial charge in [-0.2, -0.15) is 0 Å². The van der Waals surface area contributed by atoms with E-state index in [4.69, 9.17) is 0 Å². The van der Waals surface area contributed by atoms with Crippen LogP contribution >= 0.6 is 0 Å². The summed E-state index contributed by atoms with van der Waals surface area (Å²) < 4.78 is 0. The van der Waals surface area contributed by atoms with Gasteiger partial charge in [0.2, 0.25) is 0 Å². The smallest absolute Gasteiger partial charge is 0.255 e. The maximum absolute atomic E-state index is 12.1. The van der Waals surface area contributed by atoms with Crippen molar-refractivity contribution in [3.05, 3.63) is 59.7 Å². The van der Waals surface area contributed by atoms with E-state index in [1.807, 2.05) is 48.5 Å². The van der Waals surface area contributed by atoms with Gasteiger partial charge in [-0.25, -0.2) is 0 Å². The molecule has 2 aromatic carbocycles. The first-order valence-corrected chi connectivity index (χ1v) is 7.41. The zero-order valence-corrected chi connectivity index (χ0v) is 12.6. The highest BCUT2D eigenvalue weighted by molar-refractivity contribution is 6.04. The first kappa shape index (κ1) is 15.1. The Hall–Kier alpha value is -2.29. The molecule has 3 heteroatoms. The van der Waals surface area contributed by atoms with Crippen molar-refractivity contribution in [2.24, 2.45) is 0 Å². The Morgan fingerprint density at radius 2 is 1.86 bits per heavy atom. The standard InChI is InChI=1S/C18H22N2O/c1-3-4-12-19-17-13-16(11-10-14(17)2)20-18(21)15-8-6-5-7-9-15/h5-11,13,19H,3-4,12H2,1-2H3,(H,20,21). The van der Waals surface area contributed by atoms with Gasteiger partial charge in [-0.15, -0.1) is 0 Å². The Balaban J connectivity index is 2.06. The van der Waals surface area contributed by atoms with Crippen molar-refractivity contribution in [1.29, 1.82) is 0 Å². The highest BCUT2D eigenvalue weighted by Crippen LogP contribution is 2.21. The summed E-state index contributed by atoms with van der Waals surface area (Å²) in [6.45, 7) is 5.19. The van der Waals surface area contributed by atoms with Crippen LogP contribution in [0.15, 0.2) is 48.5 Å². The zero-order chi connectivity index (χ0) is 15.1. The van der Waals surface area contributed by atoms with Crippen LogP contribution in [0.3, 0.4) is 0 Å². The SMILES string of the molecule is CCCCNc1cc(NC(=O)c2ccccc2)ccc1C. The predicted molar refractivity (Wildman–Crippen MR) is 89.0 cm³/mol. The first-order chi connectivity index (χ1) is 10.2. The van der Waals surface area contributed by atoms with E-state index in [1.54, 1.807) is 0 Å². The lowest BCUT2D eigenvalue weighted by atomic mass is 10.1. The van der Waals surface area contributed by atoms with Crippen LogP contribution < -0.4 is 10.6 Å². The summed E-state index contributed by atoms with van der Waals surface area (Å²) >= 11 is 0. The van der Waals surface area contributed by atoms with Gasteiger partial charge in [0.15, 0.2) is 0 Å². The third kappa shape index (κ3) is 4.35. The van der Waals surface area contributed by atoms with Crippen molar-refractivity contribution in [3.63, 3.8) is 0 Å². The van der Waals surface area contributed by atoms with E-state index in [1.165, 1.54) is 5.56 Å². The van der Waals surface area contributed by atoms with Crippen LogP contribution in [0, 0.1) is 6.92 Å². The van der Waals surface area contributed by atoms with E-state index < -0.39 is 0 Å². The van der Waals surface area contributed by atoms with Crippen molar-refractivity contribution >= 4 is 17.3 Å². The van der Waals surface area contributed by atoms with Gasteiger partial charge in [-0.1, -0.05) is 37.6 Å². The van der Waals surface area contributed by atoms with Crippen LogP contribution in [0.1, 0.15) is 35.7 Å². The van der Waals surface area contributed by atoms with E-state index in [9.17, 15) is 4.79 Å². The average Bonchev–Trinajstić information content (AvgIpc) is 2.51. The van der Waals surface area contributed by atoms with E-state index >= 15 is 0 Å². The molecular weight excluding hydrogens is 260 g/mol. The number of hydrogen-bond donors (Lipinski definition) is 2. The van der Waals surface area contributed by atoms with E-state index in [0.717, 1.165) is 30.8 Å². The highest BCUT2D eigenvalue weighted by atomic mass is 16.1. The summed E-state index contributed by atoms with van der Waals surface area (Å²) in [7, 11) is 0. The average molecular weight is 282 g/mol. The number of amides is 1. The molecule has 2 rings (SSSR count). The minimum atomic E-state index is -0.0843. The number of rotatable bonds is 6. The van der Waals surface area contributed by atoms with Crippen molar-refractivity contribution in [2.45, 2.75) is 26.7 Å². The van der Waals surface area contributed by atoms with E-state index in [2.05, 4.69) is 24.5 Å². The Bertz CT molecular complexity index is 593. The van der Waals surface area contributed by atoms with Crippen LogP contribution in [0.4, 0.5) is 11.4 Å². The van der Waals surface area contributed by atoms with Gasteiger partial charge in [-0.3, -0.25) is 4.79 Å². The largest absolute Gasteiger partial charge is 0.385 e. The first-order valence-electron chi connectivity index (χ1n) is 7.41. The number of benzene rings is 2. The molecule has 110 valence electrons. The Kier molecular flexibility index (Phi) is 5.38. The Labute approximate surface area is 126 Å². The van der Waals surface area contributed by atoms with Crippen molar-refractivity contribution < 1.29 is 4.79 Å². The van der Waals surface area contributed by atoms with Gasteiger partial charge in [0.25, 0.3) is 5.91 Å². The minimum absolute atomic E-state index is 0.0843. The van der Waals surface area contributed by atoms with Gasteiger partial charge in [0.1, 0.15) is 0 Å². The summed E-state index contributed by atoms with van der Waals surface area (Å²) in [6, 6.07) is 15.2. The maximum Gasteiger partial charge on any atom is 0.255 e. The molecule has 0 aliphatic heterocycles. The van der Waals surface area contributed by atoms with E-state index in [0.29, 0.717) is 5.56 Å². The number of hydrogen-bond acceptors (Lipinski definition) is 2. The molecule has 0 atom stereocenters. The predicted octanol–water partition coefficient (Wildman–Crippen LogP) is 4.46. The third-order valence-corrected chi connectivity index (χ3v) is 3.38. The third-order valence-electron chi connectivity index (χ3n) is 3.38. The molecule has 0 saturated carbocycles. The topological polar surface area (TPSA) is 41.1 Å². The molecule has 1 amide bonds. The highest BCUT2D eigenvalue weighted by Gasteiger charge is 2.06. The number of carbonyl (C=O) groups excluding carboxylic acids is 1. The monoisotopic (exact) mass is 282 g/mol. The second-order valence-corrected chi connectivity index (χ2v) is 5.13.